The van der Waals surface area contributed by atoms with Gasteiger partial charge in [-0.25, -0.2) is 0 Å². The summed E-state index contributed by atoms with van der Waals surface area (Å²) < 4.78 is 34.5. The number of rotatable bonds is 9. The molecule has 0 aromatic heterocycles. The Morgan fingerprint density at radius 1 is 1.39 bits per heavy atom. The summed E-state index contributed by atoms with van der Waals surface area (Å²) in [5, 5.41) is 17.8. The quantitative estimate of drug-likeness (QED) is 0.357. The van der Waals surface area contributed by atoms with Gasteiger partial charge in [0.05, 0.1) is 18.4 Å². The number of nitrogens with one attached hydrogen (secondary N) is 4. The highest BCUT2D eigenvalue weighted by molar-refractivity contribution is 5.66. The SMILES string of the molecule is CC1=CC=C(C(F)(F)COC2CCC(NC(C)C3C=NNC3NC=N)C2)CC1. The molecule has 1 heterocycles. The first kappa shape index (κ1) is 20.9. The predicted octanol–water partition coefficient (Wildman–Crippen LogP) is 2.93. The number of halogens is 2. The Labute approximate surface area is 165 Å². The summed E-state index contributed by atoms with van der Waals surface area (Å²) in [5.41, 5.74) is 4.26. The molecule has 3 aliphatic rings. The van der Waals surface area contributed by atoms with Gasteiger partial charge in [-0.2, -0.15) is 13.9 Å². The van der Waals surface area contributed by atoms with Crippen molar-refractivity contribution in [3.05, 3.63) is 23.3 Å². The summed E-state index contributed by atoms with van der Waals surface area (Å²) in [6, 6.07) is 0.381. The van der Waals surface area contributed by atoms with E-state index < -0.39 is 12.5 Å². The average Bonchev–Trinajstić information content (AvgIpc) is 3.30. The minimum absolute atomic E-state index is 0.103. The van der Waals surface area contributed by atoms with Crippen LogP contribution < -0.4 is 16.1 Å². The molecular formula is C20H31F2N5O. The van der Waals surface area contributed by atoms with E-state index in [1.807, 2.05) is 13.1 Å². The third-order valence-corrected chi connectivity index (χ3v) is 5.90. The van der Waals surface area contributed by atoms with Gasteiger partial charge in [0.15, 0.2) is 0 Å². The van der Waals surface area contributed by atoms with Crippen LogP contribution >= 0.6 is 0 Å². The maximum absolute atomic E-state index is 14.4. The van der Waals surface area contributed by atoms with Crippen LogP contribution in [0.5, 0.6) is 0 Å². The van der Waals surface area contributed by atoms with Crippen LogP contribution in [0.15, 0.2) is 28.4 Å². The van der Waals surface area contributed by atoms with Crippen molar-refractivity contribution >= 4 is 12.6 Å². The molecule has 2 aliphatic carbocycles. The molecule has 1 saturated carbocycles. The number of ether oxygens (including phenoxy) is 1. The molecule has 5 atom stereocenters. The molecule has 6 nitrogen and oxygen atoms in total. The minimum Gasteiger partial charge on any atom is -0.372 e. The normalized spacial score (nSPS) is 31.1. The highest BCUT2D eigenvalue weighted by atomic mass is 19.3. The zero-order valence-electron chi connectivity index (χ0n) is 16.6. The number of hydrogen-bond acceptors (Lipinski definition) is 5. The molecule has 3 rings (SSSR count). The van der Waals surface area contributed by atoms with Crippen LogP contribution in [0.25, 0.3) is 0 Å². The van der Waals surface area contributed by atoms with Crippen LogP contribution in [0.2, 0.25) is 0 Å². The molecule has 4 N–H and O–H groups in total. The van der Waals surface area contributed by atoms with Crippen molar-refractivity contribution in [1.29, 1.82) is 5.41 Å². The Hall–Kier alpha value is -1.80. The molecule has 8 heteroatoms. The Balaban J connectivity index is 1.44. The third-order valence-electron chi connectivity index (χ3n) is 5.90. The first-order chi connectivity index (χ1) is 13.4. The van der Waals surface area contributed by atoms with Crippen LogP contribution in [0.4, 0.5) is 8.78 Å². The molecule has 0 aromatic rings. The van der Waals surface area contributed by atoms with Gasteiger partial charge in [0.2, 0.25) is 0 Å². The van der Waals surface area contributed by atoms with Crippen molar-refractivity contribution in [1.82, 2.24) is 16.1 Å². The average molecular weight is 395 g/mol. The number of alkyl halides is 2. The topological polar surface area (TPSA) is 81.5 Å². The first-order valence-corrected chi connectivity index (χ1v) is 10.0. The maximum Gasteiger partial charge on any atom is 0.292 e. The molecule has 1 aliphatic heterocycles. The van der Waals surface area contributed by atoms with Crippen LogP contribution in [0, 0.1) is 11.3 Å². The first-order valence-electron chi connectivity index (χ1n) is 10.0. The summed E-state index contributed by atoms with van der Waals surface area (Å²) in [4.78, 5) is 0. The summed E-state index contributed by atoms with van der Waals surface area (Å²) in [7, 11) is 0. The lowest BCUT2D eigenvalue weighted by Crippen LogP contribution is -2.50. The lowest BCUT2D eigenvalue weighted by molar-refractivity contribution is -0.0759. The van der Waals surface area contributed by atoms with Crippen molar-refractivity contribution in [3.8, 4) is 0 Å². The van der Waals surface area contributed by atoms with E-state index in [-0.39, 0.29) is 35.8 Å². The predicted molar refractivity (Wildman–Crippen MR) is 107 cm³/mol. The zero-order valence-corrected chi connectivity index (χ0v) is 16.6. The number of hydrazone groups is 1. The third kappa shape index (κ3) is 5.17. The fourth-order valence-corrected chi connectivity index (χ4v) is 4.12. The lowest BCUT2D eigenvalue weighted by atomic mass is 9.95. The maximum atomic E-state index is 14.4. The smallest absolute Gasteiger partial charge is 0.292 e. The van der Waals surface area contributed by atoms with Gasteiger partial charge < -0.3 is 15.4 Å². The van der Waals surface area contributed by atoms with Gasteiger partial charge in [0, 0.05) is 23.9 Å². The molecular weight excluding hydrogens is 364 g/mol. The second-order valence-electron chi connectivity index (χ2n) is 8.08. The van der Waals surface area contributed by atoms with Crippen molar-refractivity contribution < 1.29 is 13.5 Å². The molecule has 156 valence electrons. The molecule has 0 bridgehead atoms. The summed E-state index contributed by atoms with van der Waals surface area (Å²) in [6.07, 6.45) is 9.64. The highest BCUT2D eigenvalue weighted by Gasteiger charge is 2.37. The van der Waals surface area contributed by atoms with Crippen LogP contribution in [-0.4, -0.2) is 49.4 Å². The van der Waals surface area contributed by atoms with Gasteiger partial charge in [-0.05, 0) is 46.0 Å². The molecule has 28 heavy (non-hydrogen) atoms. The standard InChI is InChI=1S/C20H31F2N5O/c1-13-3-5-15(6-4-13)20(21,22)11-28-17-8-7-16(9-17)26-14(2)18-10-25-27-19(18)24-12-23/h3,5,10,12,14,16-19,26-27H,4,6-9,11H2,1-2H3,(H2,23,24). The monoisotopic (exact) mass is 395 g/mol. The van der Waals surface area contributed by atoms with Crippen LogP contribution in [-0.2, 0) is 4.74 Å². The van der Waals surface area contributed by atoms with E-state index in [0.717, 1.165) is 31.2 Å². The van der Waals surface area contributed by atoms with Crippen molar-refractivity contribution in [2.45, 2.75) is 76.2 Å². The van der Waals surface area contributed by atoms with E-state index in [0.29, 0.717) is 12.8 Å². The number of allylic oxidation sites excluding steroid dienone is 3. The van der Waals surface area contributed by atoms with Gasteiger partial charge in [0.25, 0.3) is 5.92 Å². The second-order valence-corrected chi connectivity index (χ2v) is 8.08. The van der Waals surface area contributed by atoms with E-state index in [1.54, 1.807) is 12.2 Å². The Morgan fingerprint density at radius 2 is 2.21 bits per heavy atom. The van der Waals surface area contributed by atoms with Crippen LogP contribution in [0.1, 0.15) is 46.0 Å². The van der Waals surface area contributed by atoms with Gasteiger partial charge >= 0.3 is 0 Å². The van der Waals surface area contributed by atoms with Gasteiger partial charge in [-0.15, -0.1) is 0 Å². The Bertz CT molecular complexity index is 649. The lowest BCUT2D eigenvalue weighted by Gasteiger charge is -2.27. The molecule has 0 aromatic carbocycles. The summed E-state index contributed by atoms with van der Waals surface area (Å²) in [6.45, 7) is 3.50. The van der Waals surface area contributed by atoms with Crippen molar-refractivity contribution in [2.75, 3.05) is 6.61 Å². The second kappa shape index (κ2) is 9.13. The Morgan fingerprint density at radius 3 is 2.93 bits per heavy atom. The fourth-order valence-electron chi connectivity index (χ4n) is 4.12. The van der Waals surface area contributed by atoms with Gasteiger partial charge in [0.1, 0.15) is 12.8 Å². The van der Waals surface area contributed by atoms with Crippen LogP contribution in [0.3, 0.4) is 0 Å². The fraction of sp³-hybridized carbons (Fsp3) is 0.700. The number of hydrogen-bond donors (Lipinski definition) is 4. The molecule has 0 radical (unpaired) electrons. The van der Waals surface area contributed by atoms with Crippen molar-refractivity contribution in [2.24, 2.45) is 11.0 Å². The molecule has 0 spiro atoms. The van der Waals surface area contributed by atoms with Crippen molar-refractivity contribution in [3.63, 3.8) is 0 Å². The van der Waals surface area contributed by atoms with Gasteiger partial charge in [-0.1, -0.05) is 17.7 Å². The molecule has 0 amide bonds. The van der Waals surface area contributed by atoms with E-state index in [4.69, 9.17) is 10.1 Å². The summed E-state index contributed by atoms with van der Waals surface area (Å²) >= 11 is 0. The molecule has 1 fully saturated rings. The highest BCUT2D eigenvalue weighted by Crippen LogP contribution is 2.33. The Kier molecular flexibility index (Phi) is 6.82. The molecule has 5 unspecified atom stereocenters. The number of nitrogens with zero attached hydrogens (tertiary/aromatic N) is 1. The van der Waals surface area contributed by atoms with E-state index >= 15 is 0 Å². The van der Waals surface area contributed by atoms with E-state index in [9.17, 15) is 8.78 Å². The zero-order chi connectivity index (χ0) is 20.1. The molecule has 0 saturated heterocycles. The van der Waals surface area contributed by atoms with E-state index in [1.165, 1.54) is 0 Å². The summed E-state index contributed by atoms with van der Waals surface area (Å²) in [5.74, 6) is -2.78. The largest absolute Gasteiger partial charge is 0.372 e. The van der Waals surface area contributed by atoms with E-state index in [2.05, 4.69) is 28.1 Å². The minimum atomic E-state index is -2.90. The van der Waals surface area contributed by atoms with Gasteiger partial charge in [-0.3, -0.25) is 10.8 Å².